The van der Waals surface area contributed by atoms with Crippen LogP contribution in [0.3, 0.4) is 0 Å². The third-order valence-electron chi connectivity index (χ3n) is 10.3. The SMILES string of the molecule is CCC(=O)O[C@]1(C(=O)COC(C)=O)[C@H](C)C[C@H]2[C@@H]3C[C@H](C)C4=CC(=O)CC[C@]4(C)[C@@]3(F)[C@@H](O)C[C@@]21C. The van der Waals surface area contributed by atoms with Crippen molar-refractivity contribution in [3.63, 3.8) is 0 Å². The molecule has 0 saturated heterocycles. The Balaban J connectivity index is 1.84. The van der Waals surface area contributed by atoms with Gasteiger partial charge in [0.2, 0.25) is 5.78 Å². The summed E-state index contributed by atoms with van der Waals surface area (Å²) in [7, 11) is 0. The van der Waals surface area contributed by atoms with Crippen molar-refractivity contribution in [2.45, 2.75) is 97.4 Å². The number of hydrogen-bond acceptors (Lipinski definition) is 7. The molecule has 1 N–H and O–H groups in total. The van der Waals surface area contributed by atoms with Gasteiger partial charge in [-0.3, -0.25) is 19.2 Å². The molecule has 36 heavy (non-hydrogen) atoms. The Morgan fingerprint density at radius 1 is 1.17 bits per heavy atom. The second-order valence-corrected chi connectivity index (χ2v) is 12.1. The Morgan fingerprint density at radius 3 is 2.44 bits per heavy atom. The zero-order valence-electron chi connectivity index (χ0n) is 22.2. The van der Waals surface area contributed by atoms with E-state index < -0.39 is 64.4 Å². The van der Waals surface area contributed by atoms with Crippen LogP contribution in [0.25, 0.3) is 0 Å². The van der Waals surface area contributed by atoms with Gasteiger partial charge in [-0.25, -0.2) is 4.39 Å². The van der Waals surface area contributed by atoms with Crippen molar-refractivity contribution in [2.24, 2.45) is 34.5 Å². The summed E-state index contributed by atoms with van der Waals surface area (Å²) in [5.74, 6) is -3.22. The maximum absolute atomic E-state index is 17.5. The fraction of sp³-hybridized carbons (Fsp3) is 0.786. The molecule has 3 saturated carbocycles. The van der Waals surface area contributed by atoms with Crippen LogP contribution in [-0.2, 0) is 28.7 Å². The van der Waals surface area contributed by atoms with Crippen LogP contribution in [0.1, 0.15) is 80.1 Å². The number of alkyl halides is 1. The zero-order valence-corrected chi connectivity index (χ0v) is 22.2. The molecule has 0 spiro atoms. The first kappa shape index (κ1) is 27.0. The van der Waals surface area contributed by atoms with Crippen LogP contribution in [0.2, 0.25) is 0 Å². The molecule has 3 fully saturated rings. The van der Waals surface area contributed by atoms with Crippen molar-refractivity contribution in [1.82, 2.24) is 0 Å². The van der Waals surface area contributed by atoms with Crippen molar-refractivity contribution >= 4 is 23.5 Å². The number of aliphatic hydroxyl groups is 1. The highest BCUT2D eigenvalue weighted by Gasteiger charge is 2.77. The third kappa shape index (κ3) is 3.38. The average Bonchev–Trinajstić information content (AvgIpc) is 3.02. The number of aliphatic hydroxyl groups excluding tert-OH is 1. The van der Waals surface area contributed by atoms with Gasteiger partial charge in [0.25, 0.3) is 0 Å². The van der Waals surface area contributed by atoms with E-state index in [2.05, 4.69) is 0 Å². The quantitative estimate of drug-likeness (QED) is 0.564. The fourth-order valence-corrected chi connectivity index (χ4v) is 8.68. The standard InChI is InChI=1S/C28H39FO7/c1-7-24(34)36-28(23(33)14-35-17(4)30)16(3)11-20-21-10-15(2)19-12-18(31)8-9-25(19,5)27(21,29)22(32)13-26(20,28)6/h12,15-16,20-22,32H,7-11,13-14H2,1-6H3/t15-,16+,20-,21-,22-,25-,26-,27-,28-/m0/s1. The molecule has 4 rings (SSSR count). The molecular formula is C28H39FO7. The first-order valence-electron chi connectivity index (χ1n) is 13.2. The van der Waals surface area contributed by atoms with Crippen LogP contribution in [-0.4, -0.2) is 52.6 Å². The number of ketones is 2. The van der Waals surface area contributed by atoms with E-state index in [1.165, 1.54) is 6.92 Å². The van der Waals surface area contributed by atoms with E-state index in [-0.39, 0.29) is 36.9 Å². The smallest absolute Gasteiger partial charge is 0.306 e. The number of ether oxygens (including phenoxy) is 2. The number of esters is 2. The molecule has 200 valence electrons. The Hall–Kier alpha value is -2.09. The average molecular weight is 507 g/mol. The highest BCUT2D eigenvalue weighted by molar-refractivity contribution is 5.94. The summed E-state index contributed by atoms with van der Waals surface area (Å²) in [4.78, 5) is 50.2. The van der Waals surface area contributed by atoms with Crippen LogP contribution in [0, 0.1) is 34.5 Å². The zero-order chi connectivity index (χ0) is 26.8. The Labute approximate surface area is 212 Å². The van der Waals surface area contributed by atoms with Crippen molar-refractivity contribution in [3.8, 4) is 0 Å². The van der Waals surface area contributed by atoms with Gasteiger partial charge < -0.3 is 14.6 Å². The van der Waals surface area contributed by atoms with Crippen molar-refractivity contribution in [1.29, 1.82) is 0 Å². The third-order valence-corrected chi connectivity index (χ3v) is 10.3. The van der Waals surface area contributed by atoms with E-state index in [9.17, 15) is 24.3 Å². The summed E-state index contributed by atoms with van der Waals surface area (Å²) in [5.41, 5.74) is -4.93. The number of carbonyl (C=O) groups is 4. The molecule has 8 heteroatoms. The maximum Gasteiger partial charge on any atom is 0.306 e. The molecule has 0 bridgehead atoms. The molecule has 0 unspecified atom stereocenters. The molecular weight excluding hydrogens is 467 g/mol. The predicted molar refractivity (Wildman–Crippen MR) is 128 cm³/mol. The summed E-state index contributed by atoms with van der Waals surface area (Å²) in [6.07, 6.45) is 1.54. The topological polar surface area (TPSA) is 107 Å². The summed E-state index contributed by atoms with van der Waals surface area (Å²) in [5, 5.41) is 11.6. The number of Topliss-reactive ketones (excluding diaryl/α,β-unsaturated/α-hetero) is 1. The molecule has 0 aromatic carbocycles. The minimum atomic E-state index is -1.99. The van der Waals surface area contributed by atoms with Crippen LogP contribution in [0.4, 0.5) is 4.39 Å². The Bertz CT molecular complexity index is 1020. The van der Waals surface area contributed by atoms with Gasteiger partial charge in [0.15, 0.2) is 18.0 Å². The second kappa shape index (κ2) is 8.74. The number of rotatable bonds is 5. The Kier molecular flexibility index (Phi) is 6.55. The first-order chi connectivity index (χ1) is 16.7. The van der Waals surface area contributed by atoms with Crippen LogP contribution in [0.15, 0.2) is 11.6 Å². The van der Waals surface area contributed by atoms with Crippen LogP contribution in [0.5, 0.6) is 0 Å². The molecule has 0 aromatic rings. The summed E-state index contributed by atoms with van der Waals surface area (Å²) < 4.78 is 28.6. The van der Waals surface area contributed by atoms with E-state index in [1.54, 1.807) is 13.0 Å². The summed E-state index contributed by atoms with van der Waals surface area (Å²) in [6.45, 7) is 9.75. The fourth-order valence-electron chi connectivity index (χ4n) is 8.68. The van der Waals surface area contributed by atoms with Crippen molar-refractivity contribution in [2.75, 3.05) is 6.61 Å². The number of fused-ring (bicyclic) bond motifs is 5. The van der Waals surface area contributed by atoms with Gasteiger partial charge in [0.1, 0.15) is 5.67 Å². The molecule has 0 heterocycles. The normalized spacial score (nSPS) is 45.6. The minimum Gasteiger partial charge on any atom is -0.458 e. The van der Waals surface area contributed by atoms with Gasteiger partial charge in [0, 0.05) is 42.4 Å². The monoisotopic (exact) mass is 506 g/mol. The van der Waals surface area contributed by atoms with Crippen LogP contribution >= 0.6 is 0 Å². The van der Waals surface area contributed by atoms with Crippen LogP contribution < -0.4 is 0 Å². The maximum atomic E-state index is 17.5. The van der Waals surface area contributed by atoms with E-state index in [4.69, 9.17) is 9.47 Å². The molecule has 9 atom stereocenters. The number of carbonyl (C=O) groups excluding carboxylic acids is 4. The lowest BCUT2D eigenvalue weighted by molar-refractivity contribution is -0.238. The molecule has 4 aliphatic rings. The number of hydrogen-bond donors (Lipinski definition) is 1. The lowest BCUT2D eigenvalue weighted by Gasteiger charge is -2.64. The minimum absolute atomic E-state index is 0.0115. The van der Waals surface area contributed by atoms with E-state index in [1.807, 2.05) is 27.7 Å². The highest BCUT2D eigenvalue weighted by Crippen LogP contribution is 2.72. The Morgan fingerprint density at radius 2 is 1.83 bits per heavy atom. The molecule has 0 amide bonds. The van der Waals surface area contributed by atoms with Gasteiger partial charge in [-0.1, -0.05) is 40.2 Å². The van der Waals surface area contributed by atoms with E-state index in [0.717, 1.165) is 5.57 Å². The second-order valence-electron chi connectivity index (χ2n) is 12.1. The largest absolute Gasteiger partial charge is 0.458 e. The first-order valence-corrected chi connectivity index (χ1v) is 13.2. The molecule has 0 aromatic heterocycles. The lowest BCUT2D eigenvalue weighted by atomic mass is 9.42. The van der Waals surface area contributed by atoms with Crippen molar-refractivity contribution < 1.29 is 38.1 Å². The predicted octanol–water partition coefficient (Wildman–Crippen LogP) is 3.90. The molecule has 4 aliphatic carbocycles. The number of halogens is 1. The van der Waals surface area contributed by atoms with Gasteiger partial charge in [0.05, 0.1) is 6.10 Å². The molecule has 0 aliphatic heterocycles. The highest BCUT2D eigenvalue weighted by atomic mass is 19.1. The van der Waals surface area contributed by atoms with E-state index in [0.29, 0.717) is 19.3 Å². The summed E-state index contributed by atoms with van der Waals surface area (Å²) in [6, 6.07) is 0. The van der Waals surface area contributed by atoms with Gasteiger partial charge in [-0.2, -0.15) is 0 Å². The molecule has 7 nitrogen and oxygen atoms in total. The van der Waals surface area contributed by atoms with Gasteiger partial charge in [-0.15, -0.1) is 0 Å². The van der Waals surface area contributed by atoms with Gasteiger partial charge >= 0.3 is 11.9 Å². The van der Waals surface area contributed by atoms with Gasteiger partial charge in [-0.05, 0) is 43.6 Å². The molecule has 0 radical (unpaired) electrons. The number of allylic oxidation sites excluding steroid dienone is 1. The summed E-state index contributed by atoms with van der Waals surface area (Å²) >= 11 is 0. The van der Waals surface area contributed by atoms with E-state index >= 15 is 4.39 Å². The lowest BCUT2D eigenvalue weighted by Crippen LogP contribution is -2.71. The van der Waals surface area contributed by atoms with Crippen molar-refractivity contribution in [3.05, 3.63) is 11.6 Å².